The molecule has 28 heavy (non-hydrogen) atoms. The van der Waals surface area contributed by atoms with Crippen molar-refractivity contribution < 1.29 is 23.9 Å². The molecule has 7 heteroatoms. The molecule has 1 fully saturated rings. The summed E-state index contributed by atoms with van der Waals surface area (Å²) in [6.07, 6.45) is -0.249. The van der Waals surface area contributed by atoms with Crippen LogP contribution in [0.3, 0.4) is 0 Å². The van der Waals surface area contributed by atoms with E-state index in [1.165, 1.54) is 4.90 Å². The number of hydrogen-bond donors (Lipinski definition) is 2. The number of nitrogens with zero attached hydrogens (tertiary/aromatic N) is 1. The van der Waals surface area contributed by atoms with Crippen LogP contribution in [0.4, 0.5) is 4.39 Å². The number of hydrogen-bond acceptors (Lipinski definition) is 3. The van der Waals surface area contributed by atoms with Gasteiger partial charge in [-0.1, -0.05) is 46.8 Å². The minimum absolute atomic E-state index is 0.0149. The number of nitrogens with one attached hydrogen (secondary N) is 1. The van der Waals surface area contributed by atoms with Crippen molar-refractivity contribution >= 4 is 17.8 Å². The molecule has 1 saturated heterocycles. The molecule has 2 N–H and O–H groups in total. The van der Waals surface area contributed by atoms with Gasteiger partial charge in [-0.25, -0.2) is 9.18 Å². The number of amides is 2. The fraction of sp³-hybridized carbons (Fsp3) is 0.571. The van der Waals surface area contributed by atoms with Crippen LogP contribution in [0.2, 0.25) is 0 Å². The van der Waals surface area contributed by atoms with E-state index in [9.17, 15) is 18.8 Å². The first-order valence-corrected chi connectivity index (χ1v) is 9.47. The Kier molecular flexibility index (Phi) is 6.16. The number of carbonyl (C=O) groups excluding carboxylic acids is 2. The van der Waals surface area contributed by atoms with Crippen LogP contribution in [-0.2, 0) is 15.0 Å². The molecule has 1 aliphatic heterocycles. The summed E-state index contributed by atoms with van der Waals surface area (Å²) in [5, 5.41) is 11.7. The van der Waals surface area contributed by atoms with Gasteiger partial charge >= 0.3 is 5.97 Å². The van der Waals surface area contributed by atoms with Crippen LogP contribution >= 0.6 is 0 Å². The average Bonchev–Trinajstić information content (AvgIpc) is 3.02. The van der Waals surface area contributed by atoms with E-state index in [4.69, 9.17) is 5.11 Å². The lowest BCUT2D eigenvalue weighted by Crippen LogP contribution is -2.51. The van der Waals surface area contributed by atoms with Crippen molar-refractivity contribution in [2.75, 3.05) is 13.1 Å². The molecule has 1 heterocycles. The van der Waals surface area contributed by atoms with Gasteiger partial charge in [-0.2, -0.15) is 0 Å². The van der Waals surface area contributed by atoms with Crippen molar-refractivity contribution in [2.45, 2.75) is 58.2 Å². The Morgan fingerprint density at radius 2 is 1.75 bits per heavy atom. The lowest BCUT2D eigenvalue weighted by atomic mass is 9.86. The zero-order valence-electron chi connectivity index (χ0n) is 17.1. The summed E-state index contributed by atoms with van der Waals surface area (Å²) in [6, 6.07) is 6.33. The Labute approximate surface area is 165 Å². The third kappa shape index (κ3) is 4.69. The number of carbonyl (C=O) groups is 3. The van der Waals surface area contributed by atoms with Gasteiger partial charge in [0.2, 0.25) is 11.6 Å². The SMILES string of the molecule is CC(C)C(NC(=O)c1ccc(C(C)(C)C)cc1)C(=O)N1CCC(F)(C(=O)O)C1. The molecule has 2 atom stereocenters. The lowest BCUT2D eigenvalue weighted by Gasteiger charge is -2.27. The Morgan fingerprint density at radius 1 is 1.18 bits per heavy atom. The van der Waals surface area contributed by atoms with Crippen LogP contribution < -0.4 is 5.32 Å². The topological polar surface area (TPSA) is 86.7 Å². The molecule has 0 bridgehead atoms. The maximum Gasteiger partial charge on any atom is 0.343 e. The summed E-state index contributed by atoms with van der Waals surface area (Å²) in [5.74, 6) is -2.65. The molecule has 0 aliphatic carbocycles. The fourth-order valence-corrected chi connectivity index (χ4v) is 3.19. The van der Waals surface area contributed by atoms with E-state index in [1.54, 1.807) is 26.0 Å². The van der Waals surface area contributed by atoms with Gasteiger partial charge in [-0.05, 0) is 29.0 Å². The van der Waals surface area contributed by atoms with E-state index in [2.05, 4.69) is 26.1 Å². The molecule has 0 spiro atoms. The number of alkyl halides is 1. The second-order valence-corrected chi connectivity index (χ2v) is 8.80. The molecule has 2 amide bonds. The minimum atomic E-state index is -2.43. The molecule has 1 aliphatic rings. The Balaban J connectivity index is 2.11. The number of aliphatic carboxylic acids is 1. The van der Waals surface area contributed by atoms with Crippen molar-refractivity contribution in [3.63, 3.8) is 0 Å². The van der Waals surface area contributed by atoms with Gasteiger partial charge in [0.25, 0.3) is 5.91 Å². The second-order valence-electron chi connectivity index (χ2n) is 8.80. The zero-order chi connectivity index (χ0) is 21.3. The highest BCUT2D eigenvalue weighted by molar-refractivity contribution is 5.98. The molecule has 2 unspecified atom stereocenters. The maximum atomic E-state index is 14.3. The van der Waals surface area contributed by atoms with E-state index in [0.717, 1.165) is 5.56 Å². The van der Waals surface area contributed by atoms with Gasteiger partial charge in [-0.15, -0.1) is 0 Å². The second kappa shape index (κ2) is 7.89. The first-order valence-electron chi connectivity index (χ1n) is 9.47. The number of halogens is 1. The molecular formula is C21H29FN2O4. The third-order valence-electron chi connectivity index (χ3n) is 5.15. The summed E-state index contributed by atoms with van der Waals surface area (Å²) in [6.45, 7) is 9.30. The van der Waals surface area contributed by atoms with E-state index in [1.807, 2.05) is 12.1 Å². The molecule has 0 aromatic heterocycles. The lowest BCUT2D eigenvalue weighted by molar-refractivity contribution is -0.150. The van der Waals surface area contributed by atoms with Gasteiger partial charge in [0.05, 0.1) is 6.54 Å². The van der Waals surface area contributed by atoms with Crippen LogP contribution in [0.5, 0.6) is 0 Å². The molecule has 0 radical (unpaired) electrons. The van der Waals surface area contributed by atoms with Crippen LogP contribution in [0.15, 0.2) is 24.3 Å². The molecule has 2 rings (SSSR count). The molecule has 1 aromatic carbocycles. The molecule has 0 saturated carbocycles. The summed E-state index contributed by atoms with van der Waals surface area (Å²) in [5.41, 5.74) is -0.947. The van der Waals surface area contributed by atoms with E-state index in [0.29, 0.717) is 5.56 Å². The first kappa shape index (κ1) is 21.9. The summed E-state index contributed by atoms with van der Waals surface area (Å²) < 4.78 is 14.3. The van der Waals surface area contributed by atoms with Crippen LogP contribution in [0, 0.1) is 5.92 Å². The summed E-state index contributed by atoms with van der Waals surface area (Å²) in [7, 11) is 0. The summed E-state index contributed by atoms with van der Waals surface area (Å²) >= 11 is 0. The number of likely N-dealkylation sites (tertiary alicyclic amines) is 1. The Morgan fingerprint density at radius 3 is 2.18 bits per heavy atom. The normalized spacial score (nSPS) is 20.9. The third-order valence-corrected chi connectivity index (χ3v) is 5.15. The standard InChI is InChI=1S/C21H29FN2O4/c1-13(2)16(18(26)24-11-10-21(22,12-24)19(27)28)23-17(25)14-6-8-15(9-7-14)20(3,4)5/h6-9,13,16H,10-12H2,1-5H3,(H,23,25)(H,27,28). The smallest absolute Gasteiger partial charge is 0.343 e. The van der Waals surface area contributed by atoms with Gasteiger partial charge < -0.3 is 15.3 Å². The molecule has 1 aromatic rings. The molecule has 154 valence electrons. The largest absolute Gasteiger partial charge is 0.479 e. The minimum Gasteiger partial charge on any atom is -0.479 e. The van der Waals surface area contributed by atoms with Gasteiger partial charge in [0.15, 0.2) is 0 Å². The molecule has 6 nitrogen and oxygen atoms in total. The monoisotopic (exact) mass is 392 g/mol. The first-order chi connectivity index (χ1) is 12.8. The van der Waals surface area contributed by atoms with Crippen molar-refractivity contribution in [3.05, 3.63) is 35.4 Å². The van der Waals surface area contributed by atoms with Gasteiger partial charge in [0, 0.05) is 18.5 Å². The van der Waals surface area contributed by atoms with E-state index in [-0.39, 0.29) is 24.3 Å². The Hall–Kier alpha value is -2.44. The predicted molar refractivity (Wildman–Crippen MR) is 104 cm³/mol. The highest BCUT2D eigenvalue weighted by Crippen LogP contribution is 2.27. The van der Waals surface area contributed by atoms with Crippen molar-refractivity contribution in [1.82, 2.24) is 10.2 Å². The van der Waals surface area contributed by atoms with Gasteiger partial charge in [0.1, 0.15) is 6.04 Å². The van der Waals surface area contributed by atoms with Crippen LogP contribution in [-0.4, -0.2) is 52.6 Å². The number of rotatable bonds is 5. The fourth-order valence-electron chi connectivity index (χ4n) is 3.19. The van der Waals surface area contributed by atoms with E-state index < -0.39 is 36.0 Å². The maximum absolute atomic E-state index is 14.3. The Bertz CT molecular complexity index is 755. The number of carboxylic acids is 1. The quantitative estimate of drug-likeness (QED) is 0.807. The van der Waals surface area contributed by atoms with Crippen molar-refractivity contribution in [3.8, 4) is 0 Å². The van der Waals surface area contributed by atoms with Crippen LogP contribution in [0.25, 0.3) is 0 Å². The molecular weight excluding hydrogens is 363 g/mol. The highest BCUT2D eigenvalue weighted by Gasteiger charge is 2.48. The predicted octanol–water partition coefficient (Wildman–Crippen LogP) is 2.76. The van der Waals surface area contributed by atoms with Crippen molar-refractivity contribution in [2.24, 2.45) is 5.92 Å². The summed E-state index contributed by atoms with van der Waals surface area (Å²) in [4.78, 5) is 37.7. The van der Waals surface area contributed by atoms with Crippen LogP contribution in [0.1, 0.15) is 57.0 Å². The highest BCUT2D eigenvalue weighted by atomic mass is 19.1. The van der Waals surface area contributed by atoms with Gasteiger partial charge in [-0.3, -0.25) is 9.59 Å². The number of benzene rings is 1. The van der Waals surface area contributed by atoms with E-state index >= 15 is 0 Å². The number of carboxylic acid groups (broad SMARTS) is 1. The van der Waals surface area contributed by atoms with Crippen molar-refractivity contribution in [1.29, 1.82) is 0 Å². The average molecular weight is 392 g/mol. The zero-order valence-corrected chi connectivity index (χ0v) is 17.1.